The molecule has 0 bridgehead atoms. The second-order valence-electron chi connectivity index (χ2n) is 7.15. The molecule has 0 aliphatic heterocycles. The van der Waals surface area contributed by atoms with Crippen LogP contribution in [0.2, 0.25) is 0 Å². The van der Waals surface area contributed by atoms with Gasteiger partial charge in [-0.05, 0) is 32.7 Å². The Morgan fingerprint density at radius 1 is 0.655 bits per heavy atom. The Morgan fingerprint density at radius 3 is 1.52 bits per heavy atom. The van der Waals surface area contributed by atoms with Crippen molar-refractivity contribution in [1.29, 1.82) is 0 Å². The predicted molar refractivity (Wildman–Crippen MR) is 114 cm³/mol. The Hall–Kier alpha value is -3.27. The van der Waals surface area contributed by atoms with Crippen LogP contribution in [0.3, 0.4) is 0 Å². The molecule has 0 spiro atoms. The van der Waals surface area contributed by atoms with Crippen molar-refractivity contribution in [2.24, 2.45) is 5.16 Å². The second-order valence-corrected chi connectivity index (χ2v) is 7.15. The third-order valence-corrected chi connectivity index (χ3v) is 5.29. The molecular weight excluding hydrogens is 368 g/mol. The first-order valence-electron chi connectivity index (χ1n) is 9.60. The molecule has 1 N–H and O–H groups in total. The van der Waals surface area contributed by atoms with E-state index in [1.54, 1.807) is 24.3 Å². The fourth-order valence-corrected chi connectivity index (χ4v) is 3.85. The van der Waals surface area contributed by atoms with Gasteiger partial charge >= 0.3 is 0 Å². The number of hydrogen-bond acceptors (Lipinski definition) is 2. The molecular formula is C25H21F2NO. The lowest BCUT2D eigenvalue weighted by Crippen LogP contribution is -2.08. The minimum atomic E-state index is -1.38. The Kier molecular flexibility index (Phi) is 5.52. The van der Waals surface area contributed by atoms with Crippen molar-refractivity contribution >= 4 is 27.3 Å². The fourth-order valence-electron chi connectivity index (χ4n) is 3.85. The van der Waals surface area contributed by atoms with Gasteiger partial charge in [0.05, 0.1) is 5.71 Å². The minimum Gasteiger partial charge on any atom is -0.411 e. The van der Waals surface area contributed by atoms with Crippen LogP contribution < -0.4 is 0 Å². The van der Waals surface area contributed by atoms with E-state index < -0.39 is 12.3 Å². The van der Waals surface area contributed by atoms with Crippen LogP contribution in [0.4, 0.5) is 8.78 Å². The zero-order chi connectivity index (χ0) is 20.2. The molecule has 2 unspecified atom stereocenters. The number of hydrogen-bond donors (Lipinski definition) is 1. The maximum absolute atomic E-state index is 15.1. The summed E-state index contributed by atoms with van der Waals surface area (Å²) >= 11 is 0. The lowest BCUT2D eigenvalue weighted by Gasteiger charge is -2.15. The Bertz CT molecular complexity index is 1070. The number of rotatable bonds is 6. The molecule has 2 nitrogen and oxygen atoms in total. The van der Waals surface area contributed by atoms with Gasteiger partial charge in [-0.3, -0.25) is 0 Å². The molecule has 4 rings (SSSR count). The van der Waals surface area contributed by atoms with Crippen LogP contribution >= 0.6 is 0 Å². The summed E-state index contributed by atoms with van der Waals surface area (Å²) in [6.07, 6.45) is -3.08. The SMILES string of the molecule is ON=C(CC(F)c1cccc2ccccc12)CC(F)c1cccc2ccccc12. The van der Waals surface area contributed by atoms with Gasteiger partial charge in [0.2, 0.25) is 0 Å². The molecule has 29 heavy (non-hydrogen) atoms. The van der Waals surface area contributed by atoms with E-state index in [0.717, 1.165) is 21.5 Å². The maximum Gasteiger partial charge on any atom is 0.131 e. The molecule has 0 radical (unpaired) electrons. The molecule has 4 heteroatoms. The van der Waals surface area contributed by atoms with Gasteiger partial charge in [0, 0.05) is 12.8 Å². The monoisotopic (exact) mass is 389 g/mol. The van der Waals surface area contributed by atoms with Crippen LogP contribution in [0.1, 0.15) is 36.3 Å². The van der Waals surface area contributed by atoms with Crippen molar-refractivity contribution in [3.05, 3.63) is 96.1 Å². The molecule has 0 aromatic heterocycles. The van der Waals surface area contributed by atoms with Crippen molar-refractivity contribution in [2.45, 2.75) is 25.2 Å². The summed E-state index contributed by atoms with van der Waals surface area (Å²) in [6, 6.07) is 26.0. The summed E-state index contributed by atoms with van der Waals surface area (Å²) in [7, 11) is 0. The standard InChI is InChI=1S/C25H21F2NO/c26-24(22-13-5-9-17-7-1-3-11-20(17)22)15-19(28-29)16-25(27)23-14-6-10-18-8-2-4-12-21(18)23/h1-14,24-25,29H,15-16H2. The molecule has 0 fully saturated rings. The molecule has 0 heterocycles. The van der Waals surface area contributed by atoms with Crippen LogP contribution in [0.5, 0.6) is 0 Å². The Balaban J connectivity index is 1.55. The highest BCUT2D eigenvalue weighted by atomic mass is 19.1. The first kappa shape index (κ1) is 19.1. The topological polar surface area (TPSA) is 32.6 Å². The van der Waals surface area contributed by atoms with Crippen molar-refractivity contribution in [2.75, 3.05) is 0 Å². The first-order valence-corrected chi connectivity index (χ1v) is 9.60. The molecule has 4 aromatic rings. The number of fused-ring (bicyclic) bond motifs is 2. The predicted octanol–water partition coefficient (Wildman–Crippen LogP) is 7.32. The number of oxime groups is 1. The van der Waals surface area contributed by atoms with Crippen LogP contribution in [0.25, 0.3) is 21.5 Å². The normalized spacial score (nSPS) is 13.3. The molecule has 0 aliphatic rings. The quantitative estimate of drug-likeness (QED) is 0.209. The summed E-state index contributed by atoms with van der Waals surface area (Å²) in [5.41, 5.74) is 1.14. The van der Waals surface area contributed by atoms with Gasteiger partial charge in [0.15, 0.2) is 0 Å². The lowest BCUT2D eigenvalue weighted by molar-refractivity contribution is 0.296. The van der Waals surface area contributed by atoms with Gasteiger partial charge in [0.1, 0.15) is 12.3 Å². The second kappa shape index (κ2) is 8.39. The van der Waals surface area contributed by atoms with E-state index in [2.05, 4.69) is 5.16 Å². The van der Waals surface area contributed by atoms with Crippen molar-refractivity contribution in [3.8, 4) is 0 Å². The number of halogens is 2. The van der Waals surface area contributed by atoms with E-state index in [4.69, 9.17) is 0 Å². The van der Waals surface area contributed by atoms with Crippen molar-refractivity contribution < 1.29 is 14.0 Å². The Morgan fingerprint density at radius 2 is 1.07 bits per heavy atom. The highest BCUT2D eigenvalue weighted by Crippen LogP contribution is 2.33. The number of alkyl halides is 2. The van der Waals surface area contributed by atoms with Gasteiger partial charge in [-0.25, -0.2) is 8.78 Å². The summed E-state index contributed by atoms with van der Waals surface area (Å²) in [4.78, 5) is 0. The average molecular weight is 389 g/mol. The minimum absolute atomic E-state index is 0.103. The van der Waals surface area contributed by atoms with E-state index in [9.17, 15) is 5.21 Å². The third-order valence-electron chi connectivity index (χ3n) is 5.29. The van der Waals surface area contributed by atoms with E-state index in [1.165, 1.54) is 0 Å². The Labute approximate surface area is 168 Å². The first-order chi connectivity index (χ1) is 14.2. The highest BCUT2D eigenvalue weighted by molar-refractivity contribution is 5.90. The zero-order valence-corrected chi connectivity index (χ0v) is 15.8. The fraction of sp³-hybridized carbons (Fsp3) is 0.160. The summed E-state index contributed by atoms with van der Waals surface area (Å²) in [6.45, 7) is 0. The molecule has 0 saturated heterocycles. The maximum atomic E-state index is 15.1. The highest BCUT2D eigenvalue weighted by Gasteiger charge is 2.21. The average Bonchev–Trinajstić information content (AvgIpc) is 2.77. The van der Waals surface area contributed by atoms with E-state index in [1.807, 2.05) is 60.7 Å². The molecule has 0 amide bonds. The van der Waals surface area contributed by atoms with Gasteiger partial charge < -0.3 is 5.21 Å². The van der Waals surface area contributed by atoms with Crippen LogP contribution in [-0.4, -0.2) is 10.9 Å². The molecule has 0 aliphatic carbocycles. The lowest BCUT2D eigenvalue weighted by atomic mass is 9.94. The van der Waals surface area contributed by atoms with Crippen molar-refractivity contribution in [1.82, 2.24) is 0 Å². The van der Waals surface area contributed by atoms with Gasteiger partial charge in [0.25, 0.3) is 0 Å². The van der Waals surface area contributed by atoms with Crippen LogP contribution in [-0.2, 0) is 0 Å². The van der Waals surface area contributed by atoms with Crippen molar-refractivity contribution in [3.63, 3.8) is 0 Å². The van der Waals surface area contributed by atoms with Gasteiger partial charge in [-0.1, -0.05) is 90.1 Å². The van der Waals surface area contributed by atoms with Gasteiger partial charge in [-0.2, -0.15) is 0 Å². The largest absolute Gasteiger partial charge is 0.411 e. The summed E-state index contributed by atoms with van der Waals surface area (Å²) < 4.78 is 30.2. The van der Waals surface area contributed by atoms with E-state index in [0.29, 0.717) is 11.1 Å². The number of benzene rings is 4. The van der Waals surface area contributed by atoms with Crippen LogP contribution in [0.15, 0.2) is 90.1 Å². The van der Waals surface area contributed by atoms with Gasteiger partial charge in [-0.15, -0.1) is 0 Å². The van der Waals surface area contributed by atoms with E-state index >= 15 is 8.78 Å². The molecule has 2 atom stereocenters. The number of nitrogens with zero attached hydrogens (tertiary/aromatic N) is 1. The summed E-state index contributed by atoms with van der Waals surface area (Å²) in [5.74, 6) is 0. The van der Waals surface area contributed by atoms with E-state index in [-0.39, 0.29) is 18.6 Å². The molecule has 4 aromatic carbocycles. The summed E-state index contributed by atoms with van der Waals surface area (Å²) in [5, 5.41) is 16.1. The zero-order valence-electron chi connectivity index (χ0n) is 15.8. The smallest absolute Gasteiger partial charge is 0.131 e. The third kappa shape index (κ3) is 3.97. The van der Waals surface area contributed by atoms with Crippen LogP contribution in [0, 0.1) is 0 Å². The molecule has 0 saturated carbocycles. The molecule has 146 valence electrons.